The van der Waals surface area contributed by atoms with Crippen LogP contribution in [-0.2, 0) is 9.59 Å². The van der Waals surface area contributed by atoms with Crippen molar-refractivity contribution in [3.63, 3.8) is 0 Å². The van der Waals surface area contributed by atoms with E-state index in [1.165, 1.54) is 6.21 Å². The Balaban J connectivity index is 1.93. The number of hydrazone groups is 1. The molecular weight excluding hydrogens is 520 g/mol. The SMILES string of the molecule is CCOc1cc(/C=N/NC(=O)CC(=O)Nc2cccc(Cl)c2Cl)cc(I)c1O. The van der Waals surface area contributed by atoms with Gasteiger partial charge in [-0.15, -0.1) is 0 Å². The monoisotopic (exact) mass is 535 g/mol. The molecule has 7 nitrogen and oxygen atoms in total. The normalized spacial score (nSPS) is 10.7. The van der Waals surface area contributed by atoms with Crippen molar-refractivity contribution in [3.05, 3.63) is 49.5 Å². The van der Waals surface area contributed by atoms with Crippen LogP contribution in [-0.4, -0.2) is 29.7 Å². The van der Waals surface area contributed by atoms with E-state index < -0.39 is 18.2 Å². The van der Waals surface area contributed by atoms with Crippen molar-refractivity contribution in [2.45, 2.75) is 13.3 Å². The fraction of sp³-hybridized carbons (Fsp3) is 0.167. The van der Waals surface area contributed by atoms with Gasteiger partial charge in [-0.3, -0.25) is 9.59 Å². The van der Waals surface area contributed by atoms with Gasteiger partial charge in [-0.1, -0.05) is 29.3 Å². The lowest BCUT2D eigenvalue weighted by atomic mass is 10.2. The molecule has 0 aliphatic carbocycles. The number of rotatable bonds is 7. The first-order valence-corrected chi connectivity index (χ1v) is 9.86. The summed E-state index contributed by atoms with van der Waals surface area (Å²) in [6.45, 7) is 2.20. The molecule has 28 heavy (non-hydrogen) atoms. The molecule has 0 saturated heterocycles. The zero-order valence-electron chi connectivity index (χ0n) is 14.6. The van der Waals surface area contributed by atoms with Crippen molar-refractivity contribution in [1.29, 1.82) is 0 Å². The zero-order valence-corrected chi connectivity index (χ0v) is 18.3. The second-order valence-corrected chi connectivity index (χ2v) is 7.35. The molecule has 0 unspecified atom stereocenters. The van der Waals surface area contributed by atoms with Gasteiger partial charge >= 0.3 is 0 Å². The summed E-state index contributed by atoms with van der Waals surface area (Å²) in [6.07, 6.45) is 0.936. The third-order valence-electron chi connectivity index (χ3n) is 3.30. The van der Waals surface area contributed by atoms with E-state index in [1.54, 1.807) is 37.3 Å². The highest BCUT2D eigenvalue weighted by Gasteiger charge is 2.12. The number of ether oxygens (including phenoxy) is 1. The maximum atomic E-state index is 11.9. The Morgan fingerprint density at radius 1 is 1.29 bits per heavy atom. The summed E-state index contributed by atoms with van der Waals surface area (Å²) >= 11 is 13.8. The molecule has 2 aromatic carbocycles. The predicted molar refractivity (Wildman–Crippen MR) is 117 cm³/mol. The van der Waals surface area contributed by atoms with E-state index in [-0.39, 0.29) is 10.8 Å². The van der Waals surface area contributed by atoms with Crippen LogP contribution in [0.3, 0.4) is 0 Å². The molecule has 0 atom stereocenters. The number of carbonyl (C=O) groups is 2. The Morgan fingerprint density at radius 2 is 2.04 bits per heavy atom. The van der Waals surface area contributed by atoms with Gasteiger partial charge in [0.25, 0.3) is 0 Å². The smallest absolute Gasteiger partial charge is 0.249 e. The van der Waals surface area contributed by atoms with Crippen LogP contribution in [0.2, 0.25) is 10.0 Å². The van der Waals surface area contributed by atoms with Crippen molar-refractivity contribution in [2.24, 2.45) is 5.10 Å². The summed E-state index contributed by atoms with van der Waals surface area (Å²) in [6, 6.07) is 8.04. The maximum Gasteiger partial charge on any atom is 0.249 e. The minimum absolute atomic E-state index is 0.0417. The molecule has 148 valence electrons. The third-order valence-corrected chi connectivity index (χ3v) is 4.94. The van der Waals surface area contributed by atoms with Gasteiger partial charge in [-0.25, -0.2) is 5.43 Å². The summed E-state index contributed by atoms with van der Waals surface area (Å²) in [5.41, 5.74) is 3.19. The lowest BCUT2D eigenvalue weighted by Gasteiger charge is -2.08. The lowest BCUT2D eigenvalue weighted by Crippen LogP contribution is -2.24. The quantitative estimate of drug-likeness (QED) is 0.214. The molecule has 10 heteroatoms. The molecule has 0 aromatic heterocycles. The van der Waals surface area contributed by atoms with Crippen molar-refractivity contribution < 1.29 is 19.4 Å². The van der Waals surface area contributed by atoms with Crippen molar-refractivity contribution >= 4 is 69.5 Å². The Hall–Kier alpha value is -2.04. The molecule has 0 heterocycles. The molecule has 0 radical (unpaired) electrons. The molecule has 3 N–H and O–H groups in total. The fourth-order valence-corrected chi connectivity index (χ4v) is 3.07. The fourth-order valence-electron chi connectivity index (χ4n) is 2.09. The summed E-state index contributed by atoms with van der Waals surface area (Å²) < 4.78 is 5.91. The first kappa shape index (κ1) is 22.3. The molecule has 2 rings (SSSR count). The molecule has 0 aliphatic rings. The van der Waals surface area contributed by atoms with Gasteiger partial charge in [0.05, 0.1) is 32.1 Å². The largest absolute Gasteiger partial charge is 0.504 e. The summed E-state index contributed by atoms with van der Waals surface area (Å²) in [4.78, 5) is 23.8. The van der Waals surface area contributed by atoms with Crippen molar-refractivity contribution in [2.75, 3.05) is 11.9 Å². The summed E-state index contributed by atoms with van der Waals surface area (Å²) in [5, 5.41) is 16.7. The van der Waals surface area contributed by atoms with Crippen LogP contribution in [0, 0.1) is 3.57 Å². The minimum atomic E-state index is -0.606. The number of nitrogens with zero attached hydrogens (tertiary/aromatic N) is 1. The van der Waals surface area contributed by atoms with E-state index in [4.69, 9.17) is 27.9 Å². The molecule has 0 spiro atoms. The highest BCUT2D eigenvalue weighted by atomic mass is 127. The number of phenols is 1. The van der Waals surface area contributed by atoms with Gasteiger partial charge in [0.1, 0.15) is 6.42 Å². The van der Waals surface area contributed by atoms with E-state index in [0.29, 0.717) is 32.2 Å². The van der Waals surface area contributed by atoms with Crippen LogP contribution < -0.4 is 15.5 Å². The number of hydrogen-bond donors (Lipinski definition) is 3. The second kappa shape index (κ2) is 10.5. The minimum Gasteiger partial charge on any atom is -0.504 e. The van der Waals surface area contributed by atoms with Gasteiger partial charge in [0.2, 0.25) is 11.8 Å². The Labute approximate surface area is 185 Å². The van der Waals surface area contributed by atoms with E-state index in [0.717, 1.165) is 0 Å². The standard InChI is InChI=1S/C18H16Cl2IN3O4/c1-2-28-14-7-10(6-12(21)18(14)27)9-22-24-16(26)8-15(25)23-13-5-3-4-11(19)17(13)20/h3-7,9,27H,2,8H2,1H3,(H,23,25)(H,24,26)/b22-9+. The van der Waals surface area contributed by atoms with Crippen LogP contribution in [0.5, 0.6) is 11.5 Å². The van der Waals surface area contributed by atoms with E-state index >= 15 is 0 Å². The number of nitrogens with one attached hydrogen (secondary N) is 2. The van der Waals surface area contributed by atoms with E-state index in [9.17, 15) is 14.7 Å². The molecule has 2 aromatic rings. The van der Waals surface area contributed by atoms with Crippen molar-refractivity contribution in [3.8, 4) is 11.5 Å². The number of carbonyl (C=O) groups excluding carboxylic acids is 2. The highest BCUT2D eigenvalue weighted by molar-refractivity contribution is 14.1. The van der Waals surface area contributed by atoms with Gasteiger partial charge in [0, 0.05) is 0 Å². The number of aromatic hydroxyl groups is 1. The number of phenolic OH excluding ortho intramolecular Hbond substituents is 1. The Kier molecular flexibility index (Phi) is 8.34. The zero-order chi connectivity index (χ0) is 20.7. The number of amides is 2. The summed E-state index contributed by atoms with van der Waals surface area (Å²) in [5.74, 6) is -0.806. The molecule has 0 bridgehead atoms. The molecule has 0 fully saturated rings. The Morgan fingerprint density at radius 3 is 2.75 bits per heavy atom. The average Bonchev–Trinajstić information content (AvgIpc) is 2.63. The highest BCUT2D eigenvalue weighted by Crippen LogP contribution is 2.32. The summed E-state index contributed by atoms with van der Waals surface area (Å²) in [7, 11) is 0. The van der Waals surface area contributed by atoms with E-state index in [1.807, 2.05) is 22.6 Å². The van der Waals surface area contributed by atoms with Crippen LogP contribution in [0.1, 0.15) is 18.9 Å². The van der Waals surface area contributed by atoms with Gasteiger partial charge in [-0.05, 0) is 59.3 Å². The average molecular weight is 536 g/mol. The number of benzene rings is 2. The molecular formula is C18H16Cl2IN3O4. The Bertz CT molecular complexity index is 922. The molecule has 2 amide bonds. The number of hydrogen-bond acceptors (Lipinski definition) is 5. The topological polar surface area (TPSA) is 100 Å². The van der Waals surface area contributed by atoms with Gasteiger partial charge in [0.15, 0.2) is 11.5 Å². The molecule has 0 saturated carbocycles. The predicted octanol–water partition coefficient (Wildman–Crippen LogP) is 4.18. The number of halogens is 3. The van der Waals surface area contributed by atoms with Crippen LogP contribution in [0.4, 0.5) is 5.69 Å². The maximum absolute atomic E-state index is 11.9. The number of anilines is 1. The van der Waals surface area contributed by atoms with Crippen LogP contribution in [0.25, 0.3) is 0 Å². The second-order valence-electron chi connectivity index (χ2n) is 5.40. The van der Waals surface area contributed by atoms with E-state index in [2.05, 4.69) is 15.8 Å². The first-order valence-electron chi connectivity index (χ1n) is 8.03. The third kappa shape index (κ3) is 6.25. The van der Waals surface area contributed by atoms with Crippen LogP contribution in [0.15, 0.2) is 35.4 Å². The van der Waals surface area contributed by atoms with Gasteiger partial charge in [-0.2, -0.15) is 5.10 Å². The first-order chi connectivity index (χ1) is 13.3. The molecule has 0 aliphatic heterocycles. The van der Waals surface area contributed by atoms with Gasteiger partial charge < -0.3 is 15.2 Å². The van der Waals surface area contributed by atoms with Crippen LogP contribution >= 0.6 is 45.8 Å². The lowest BCUT2D eigenvalue weighted by molar-refractivity contribution is -0.126. The van der Waals surface area contributed by atoms with Crippen molar-refractivity contribution in [1.82, 2.24) is 5.43 Å².